The van der Waals surface area contributed by atoms with Crippen molar-refractivity contribution in [1.82, 2.24) is 0 Å². The lowest BCUT2D eigenvalue weighted by atomic mass is 10.1. The van der Waals surface area contributed by atoms with Crippen LogP contribution in [-0.4, -0.2) is 32.0 Å². The number of benzene rings is 1. The van der Waals surface area contributed by atoms with E-state index in [1.165, 1.54) is 0 Å². The molecular formula is C12H17ClO3. The maximum absolute atomic E-state index is 9.12. The highest BCUT2D eigenvalue weighted by atomic mass is 35.5. The zero-order valence-corrected chi connectivity index (χ0v) is 10.1. The number of hydrogen-bond acceptors (Lipinski definition) is 3. The van der Waals surface area contributed by atoms with Gasteiger partial charge >= 0.3 is 0 Å². The summed E-state index contributed by atoms with van der Waals surface area (Å²) in [6.07, 6.45) is 0.792. The Morgan fingerprint density at radius 1 is 1.31 bits per heavy atom. The molecule has 0 saturated carbocycles. The Hall–Kier alpha value is -0.770. The van der Waals surface area contributed by atoms with Gasteiger partial charge in [-0.25, -0.2) is 0 Å². The number of aliphatic hydroxyl groups is 1. The maximum atomic E-state index is 9.12. The molecule has 0 amide bonds. The minimum atomic E-state index is 0.107. The van der Waals surface area contributed by atoms with Gasteiger partial charge in [0.2, 0.25) is 0 Å². The van der Waals surface area contributed by atoms with E-state index in [0.29, 0.717) is 18.2 Å². The van der Waals surface area contributed by atoms with E-state index in [2.05, 4.69) is 0 Å². The molecule has 4 heteroatoms. The van der Waals surface area contributed by atoms with Crippen LogP contribution in [0.5, 0.6) is 5.75 Å². The molecule has 16 heavy (non-hydrogen) atoms. The number of ether oxygens (including phenoxy) is 2. The Morgan fingerprint density at radius 3 is 2.56 bits per heavy atom. The van der Waals surface area contributed by atoms with Crippen LogP contribution in [0.15, 0.2) is 24.3 Å². The van der Waals surface area contributed by atoms with Crippen LogP contribution in [0.1, 0.15) is 6.42 Å². The second kappa shape index (κ2) is 7.49. The Bertz CT molecular complexity index is 287. The predicted octanol–water partition coefficient (Wildman–Crippen LogP) is 2.36. The van der Waals surface area contributed by atoms with Crippen LogP contribution in [-0.2, 0) is 4.74 Å². The number of rotatable bonds is 7. The third-order valence-electron chi connectivity index (χ3n) is 2.29. The monoisotopic (exact) mass is 244 g/mol. The average Bonchev–Trinajstić information content (AvgIpc) is 2.32. The van der Waals surface area contributed by atoms with Crippen molar-refractivity contribution in [2.45, 2.75) is 6.42 Å². The van der Waals surface area contributed by atoms with Crippen molar-refractivity contribution in [2.24, 2.45) is 5.92 Å². The zero-order valence-electron chi connectivity index (χ0n) is 9.36. The molecule has 1 N–H and O–H groups in total. The van der Waals surface area contributed by atoms with Crippen LogP contribution in [0, 0.1) is 5.92 Å². The summed E-state index contributed by atoms with van der Waals surface area (Å²) >= 11 is 5.76. The Kier molecular flexibility index (Phi) is 6.23. The van der Waals surface area contributed by atoms with Gasteiger partial charge in [0.15, 0.2) is 0 Å². The highest BCUT2D eigenvalue weighted by molar-refractivity contribution is 6.30. The van der Waals surface area contributed by atoms with Gasteiger partial charge < -0.3 is 14.6 Å². The number of halogens is 1. The molecule has 1 rings (SSSR count). The largest absolute Gasteiger partial charge is 0.493 e. The molecule has 1 atom stereocenters. The van der Waals surface area contributed by atoms with Crippen molar-refractivity contribution in [3.05, 3.63) is 29.3 Å². The lowest BCUT2D eigenvalue weighted by Gasteiger charge is -2.14. The highest BCUT2D eigenvalue weighted by Crippen LogP contribution is 2.16. The molecule has 0 heterocycles. The lowest BCUT2D eigenvalue weighted by molar-refractivity contribution is 0.116. The SMILES string of the molecule is COCCC(CO)COc1ccc(Cl)cc1. The number of hydrogen-bond donors (Lipinski definition) is 1. The van der Waals surface area contributed by atoms with Crippen molar-refractivity contribution >= 4 is 11.6 Å². The molecule has 0 aromatic heterocycles. The molecule has 1 aromatic carbocycles. The maximum Gasteiger partial charge on any atom is 0.119 e. The highest BCUT2D eigenvalue weighted by Gasteiger charge is 2.08. The first kappa shape index (κ1) is 13.3. The second-order valence-electron chi connectivity index (χ2n) is 3.59. The molecular weight excluding hydrogens is 228 g/mol. The van der Waals surface area contributed by atoms with Gasteiger partial charge in [0, 0.05) is 31.3 Å². The molecule has 0 fully saturated rings. The van der Waals surface area contributed by atoms with Crippen molar-refractivity contribution in [1.29, 1.82) is 0 Å². The first-order valence-electron chi connectivity index (χ1n) is 5.24. The van der Waals surface area contributed by atoms with Crippen LogP contribution in [0.2, 0.25) is 5.02 Å². The van der Waals surface area contributed by atoms with E-state index in [-0.39, 0.29) is 12.5 Å². The van der Waals surface area contributed by atoms with E-state index < -0.39 is 0 Å². The standard InChI is InChI=1S/C12H17ClO3/c1-15-7-6-10(8-14)9-16-12-4-2-11(13)3-5-12/h2-5,10,14H,6-9H2,1H3. The summed E-state index contributed by atoms with van der Waals surface area (Å²) in [7, 11) is 1.65. The molecule has 0 aliphatic heterocycles. The fraction of sp³-hybridized carbons (Fsp3) is 0.500. The van der Waals surface area contributed by atoms with Crippen LogP contribution in [0.3, 0.4) is 0 Å². The Morgan fingerprint density at radius 2 is 2.00 bits per heavy atom. The van der Waals surface area contributed by atoms with E-state index in [9.17, 15) is 0 Å². The summed E-state index contributed by atoms with van der Waals surface area (Å²) in [6.45, 7) is 1.23. The van der Waals surface area contributed by atoms with Gasteiger partial charge in [0.05, 0.1) is 6.61 Å². The topological polar surface area (TPSA) is 38.7 Å². The molecule has 0 spiro atoms. The zero-order chi connectivity index (χ0) is 11.8. The van der Waals surface area contributed by atoms with Crippen LogP contribution in [0.4, 0.5) is 0 Å². The van der Waals surface area contributed by atoms with Crippen molar-refractivity contribution < 1.29 is 14.6 Å². The molecule has 90 valence electrons. The van der Waals surface area contributed by atoms with Crippen molar-refractivity contribution in [3.63, 3.8) is 0 Å². The van der Waals surface area contributed by atoms with Crippen LogP contribution >= 0.6 is 11.6 Å². The third-order valence-corrected chi connectivity index (χ3v) is 2.54. The summed E-state index contributed by atoms with van der Waals surface area (Å²) in [6, 6.07) is 7.18. The average molecular weight is 245 g/mol. The summed E-state index contributed by atoms with van der Waals surface area (Å²) in [5, 5.41) is 9.80. The Balaban J connectivity index is 2.34. The summed E-state index contributed by atoms with van der Waals surface area (Å²) in [5.41, 5.74) is 0. The molecule has 0 aliphatic carbocycles. The summed E-state index contributed by atoms with van der Waals surface area (Å²) in [5.74, 6) is 0.871. The van der Waals surface area contributed by atoms with Gasteiger partial charge in [-0.15, -0.1) is 0 Å². The van der Waals surface area contributed by atoms with Crippen LogP contribution in [0.25, 0.3) is 0 Å². The quantitative estimate of drug-likeness (QED) is 0.800. The molecule has 0 saturated heterocycles. The van der Waals surface area contributed by atoms with E-state index in [1.54, 1.807) is 19.2 Å². The molecule has 0 aliphatic rings. The van der Waals surface area contributed by atoms with Gasteiger partial charge in [-0.3, -0.25) is 0 Å². The fourth-order valence-corrected chi connectivity index (χ4v) is 1.38. The first-order chi connectivity index (χ1) is 7.76. The second-order valence-corrected chi connectivity index (χ2v) is 4.03. The molecule has 3 nitrogen and oxygen atoms in total. The number of methoxy groups -OCH3 is 1. The van der Waals surface area contributed by atoms with E-state index >= 15 is 0 Å². The van der Waals surface area contributed by atoms with Crippen molar-refractivity contribution in [2.75, 3.05) is 26.9 Å². The summed E-state index contributed by atoms with van der Waals surface area (Å²) in [4.78, 5) is 0. The number of aliphatic hydroxyl groups excluding tert-OH is 1. The van der Waals surface area contributed by atoms with Crippen molar-refractivity contribution in [3.8, 4) is 5.75 Å². The Labute approximate surface area is 101 Å². The minimum Gasteiger partial charge on any atom is -0.493 e. The van der Waals surface area contributed by atoms with E-state index in [1.807, 2.05) is 12.1 Å². The molecule has 1 unspecified atom stereocenters. The van der Waals surface area contributed by atoms with E-state index in [0.717, 1.165) is 12.2 Å². The van der Waals surface area contributed by atoms with Gasteiger partial charge in [0.25, 0.3) is 0 Å². The minimum absolute atomic E-state index is 0.107. The van der Waals surface area contributed by atoms with Gasteiger partial charge in [-0.1, -0.05) is 11.6 Å². The third kappa shape index (κ3) is 4.84. The normalized spacial score (nSPS) is 12.4. The first-order valence-corrected chi connectivity index (χ1v) is 5.62. The van der Waals surface area contributed by atoms with Gasteiger partial charge in [0.1, 0.15) is 5.75 Å². The predicted molar refractivity (Wildman–Crippen MR) is 64.0 cm³/mol. The van der Waals surface area contributed by atoms with Crippen LogP contribution < -0.4 is 4.74 Å². The van der Waals surface area contributed by atoms with Gasteiger partial charge in [-0.2, -0.15) is 0 Å². The van der Waals surface area contributed by atoms with E-state index in [4.69, 9.17) is 26.2 Å². The summed E-state index contributed by atoms with van der Waals surface area (Å²) < 4.78 is 10.5. The fourth-order valence-electron chi connectivity index (χ4n) is 1.26. The molecule has 0 radical (unpaired) electrons. The van der Waals surface area contributed by atoms with Gasteiger partial charge in [-0.05, 0) is 30.7 Å². The lowest BCUT2D eigenvalue weighted by Crippen LogP contribution is -2.17. The molecule has 0 bridgehead atoms. The smallest absolute Gasteiger partial charge is 0.119 e. The molecule has 1 aromatic rings.